The first-order valence-corrected chi connectivity index (χ1v) is 11.3. The number of Topliss-reactive ketones (excluding diaryl/α,β-unsaturated/α-hetero) is 1. The Bertz CT molecular complexity index is 1140. The molecule has 1 fully saturated rings. The molecule has 34 heavy (non-hydrogen) atoms. The summed E-state index contributed by atoms with van der Waals surface area (Å²) in [5.41, 5.74) is 1.03. The van der Waals surface area contributed by atoms with Gasteiger partial charge in [-0.05, 0) is 48.4 Å². The Labute approximate surface area is 200 Å². The molecule has 1 heterocycles. The Morgan fingerprint density at radius 1 is 0.882 bits per heavy atom. The zero-order valence-corrected chi connectivity index (χ0v) is 19.7. The van der Waals surface area contributed by atoms with Crippen LogP contribution in [0, 0.1) is 5.92 Å². The lowest BCUT2D eigenvalue weighted by molar-refractivity contribution is -0.149. The van der Waals surface area contributed by atoms with Crippen LogP contribution < -0.4 is 14.4 Å². The molecule has 6 nitrogen and oxygen atoms in total. The van der Waals surface area contributed by atoms with Crippen LogP contribution in [0.4, 0.5) is 5.69 Å². The first-order valence-electron chi connectivity index (χ1n) is 11.3. The van der Waals surface area contributed by atoms with Crippen LogP contribution in [-0.4, -0.2) is 39.6 Å². The Morgan fingerprint density at radius 2 is 1.59 bits per heavy atom. The minimum absolute atomic E-state index is 0.00152. The highest BCUT2D eigenvalue weighted by Crippen LogP contribution is 2.49. The number of ether oxygens (including phenoxy) is 3. The number of rotatable bonds is 8. The van der Waals surface area contributed by atoms with Crippen molar-refractivity contribution in [3.05, 3.63) is 90.0 Å². The zero-order chi connectivity index (χ0) is 24.1. The number of carbonyl (C=O) groups excluding carboxylic acids is 2. The first kappa shape index (κ1) is 23.4. The van der Waals surface area contributed by atoms with E-state index in [0.717, 1.165) is 17.0 Å². The molecule has 0 N–H and O–H groups in total. The van der Waals surface area contributed by atoms with Crippen molar-refractivity contribution in [1.29, 1.82) is 0 Å². The van der Waals surface area contributed by atoms with Crippen molar-refractivity contribution in [3.63, 3.8) is 0 Å². The summed E-state index contributed by atoms with van der Waals surface area (Å²) < 4.78 is 16.2. The third-order valence-electron chi connectivity index (χ3n) is 6.64. The van der Waals surface area contributed by atoms with Crippen LogP contribution in [0.3, 0.4) is 0 Å². The molecule has 1 aliphatic rings. The van der Waals surface area contributed by atoms with Gasteiger partial charge in [0.2, 0.25) is 0 Å². The van der Waals surface area contributed by atoms with Gasteiger partial charge in [0, 0.05) is 30.1 Å². The summed E-state index contributed by atoms with van der Waals surface area (Å²) in [6.45, 7) is 0.589. The highest BCUT2D eigenvalue weighted by Gasteiger charge is 2.57. The molecule has 2 atom stereocenters. The van der Waals surface area contributed by atoms with E-state index in [4.69, 9.17) is 14.2 Å². The van der Waals surface area contributed by atoms with Gasteiger partial charge < -0.3 is 19.1 Å². The normalized spacial score (nSPS) is 19.5. The summed E-state index contributed by atoms with van der Waals surface area (Å²) in [6.07, 6.45) is 0.861. The second-order valence-corrected chi connectivity index (χ2v) is 8.32. The number of nitrogens with zero attached hydrogens (tertiary/aromatic N) is 1. The van der Waals surface area contributed by atoms with Crippen LogP contribution >= 0.6 is 0 Å². The van der Waals surface area contributed by atoms with Crippen molar-refractivity contribution in [1.82, 2.24) is 0 Å². The maximum atomic E-state index is 13.7. The summed E-state index contributed by atoms with van der Waals surface area (Å²) in [5.74, 6) is 0.652. The van der Waals surface area contributed by atoms with Crippen molar-refractivity contribution in [2.24, 2.45) is 5.92 Å². The van der Waals surface area contributed by atoms with Gasteiger partial charge in [-0.3, -0.25) is 4.79 Å². The molecule has 0 unspecified atom stereocenters. The fourth-order valence-corrected chi connectivity index (χ4v) is 5.00. The third-order valence-corrected chi connectivity index (χ3v) is 6.64. The van der Waals surface area contributed by atoms with E-state index in [1.165, 1.54) is 7.11 Å². The van der Waals surface area contributed by atoms with E-state index in [9.17, 15) is 9.59 Å². The van der Waals surface area contributed by atoms with Crippen LogP contribution in [-0.2, 0) is 15.1 Å². The van der Waals surface area contributed by atoms with Gasteiger partial charge >= 0.3 is 5.97 Å². The number of ketones is 1. The lowest BCUT2D eigenvalue weighted by Crippen LogP contribution is -2.53. The Morgan fingerprint density at radius 3 is 2.24 bits per heavy atom. The Hall–Kier alpha value is -3.80. The van der Waals surface area contributed by atoms with Gasteiger partial charge in [0.1, 0.15) is 11.5 Å². The number of carbonyl (C=O) groups is 2. The number of anilines is 1. The van der Waals surface area contributed by atoms with Crippen LogP contribution in [0.15, 0.2) is 78.9 Å². The van der Waals surface area contributed by atoms with E-state index in [2.05, 4.69) is 4.90 Å². The van der Waals surface area contributed by atoms with E-state index >= 15 is 0 Å². The third kappa shape index (κ3) is 4.12. The van der Waals surface area contributed by atoms with Gasteiger partial charge in [-0.25, -0.2) is 4.79 Å². The minimum atomic E-state index is -1.19. The molecule has 0 bridgehead atoms. The fraction of sp³-hybridized carbons (Fsp3) is 0.286. The molecule has 1 aliphatic heterocycles. The summed E-state index contributed by atoms with van der Waals surface area (Å²) >= 11 is 0. The first-order chi connectivity index (χ1) is 16.5. The summed E-state index contributed by atoms with van der Waals surface area (Å²) in [7, 11) is 4.60. The van der Waals surface area contributed by atoms with Crippen molar-refractivity contribution in [3.8, 4) is 11.5 Å². The highest BCUT2D eigenvalue weighted by atomic mass is 16.5. The molecular formula is C28H29NO5. The number of hydrogen-bond donors (Lipinski definition) is 0. The van der Waals surface area contributed by atoms with E-state index in [0.29, 0.717) is 24.3 Å². The SMILES string of the molecule is COC(=O)[C@]1(c2cccc(OC)c2)[C@H](CC(=O)c2ccccc2)CCN1c1ccc(OC)cc1. The fourth-order valence-electron chi connectivity index (χ4n) is 5.00. The Balaban J connectivity index is 1.85. The standard InChI is InChI=1S/C28H29NO5/c1-32-24-14-12-23(13-15-24)29-17-16-22(19-26(30)20-8-5-4-6-9-20)28(29,27(31)34-3)21-10-7-11-25(18-21)33-2/h4-15,18,22H,16-17,19H2,1-3H3/t22-,28-/m0/s1. The molecule has 3 aromatic carbocycles. The number of methoxy groups -OCH3 is 3. The molecule has 0 amide bonds. The molecule has 0 radical (unpaired) electrons. The largest absolute Gasteiger partial charge is 0.497 e. The molecule has 6 heteroatoms. The van der Waals surface area contributed by atoms with Gasteiger partial charge in [0.05, 0.1) is 21.3 Å². The average molecular weight is 460 g/mol. The van der Waals surface area contributed by atoms with Crippen LogP contribution in [0.2, 0.25) is 0 Å². The lowest BCUT2D eigenvalue weighted by Gasteiger charge is -2.41. The summed E-state index contributed by atoms with van der Waals surface area (Å²) in [4.78, 5) is 29.1. The van der Waals surface area contributed by atoms with Gasteiger partial charge in [-0.1, -0.05) is 42.5 Å². The van der Waals surface area contributed by atoms with Gasteiger partial charge in [-0.2, -0.15) is 0 Å². The molecular weight excluding hydrogens is 430 g/mol. The minimum Gasteiger partial charge on any atom is -0.497 e. The van der Waals surface area contributed by atoms with Gasteiger partial charge in [0.25, 0.3) is 0 Å². The monoisotopic (exact) mass is 459 g/mol. The molecule has 176 valence electrons. The van der Waals surface area contributed by atoms with E-state index in [1.54, 1.807) is 14.2 Å². The maximum absolute atomic E-state index is 13.7. The quantitative estimate of drug-likeness (QED) is 0.354. The van der Waals surface area contributed by atoms with Crippen molar-refractivity contribution in [2.45, 2.75) is 18.4 Å². The smallest absolute Gasteiger partial charge is 0.336 e. The predicted molar refractivity (Wildman–Crippen MR) is 131 cm³/mol. The molecule has 1 saturated heterocycles. The van der Waals surface area contributed by atoms with Crippen LogP contribution in [0.1, 0.15) is 28.8 Å². The molecule has 3 aromatic rings. The van der Waals surface area contributed by atoms with Crippen LogP contribution in [0.25, 0.3) is 0 Å². The van der Waals surface area contributed by atoms with E-state index in [-0.39, 0.29) is 18.1 Å². The number of benzene rings is 3. The molecule has 0 saturated carbocycles. The summed E-state index contributed by atoms with van der Waals surface area (Å²) in [5, 5.41) is 0. The molecule has 0 aromatic heterocycles. The van der Waals surface area contributed by atoms with Crippen LogP contribution in [0.5, 0.6) is 11.5 Å². The van der Waals surface area contributed by atoms with Gasteiger partial charge in [0.15, 0.2) is 11.3 Å². The van der Waals surface area contributed by atoms with E-state index in [1.807, 2.05) is 78.9 Å². The summed E-state index contributed by atoms with van der Waals surface area (Å²) in [6, 6.07) is 24.3. The van der Waals surface area contributed by atoms with Gasteiger partial charge in [-0.15, -0.1) is 0 Å². The maximum Gasteiger partial charge on any atom is 0.336 e. The second kappa shape index (κ2) is 10.00. The van der Waals surface area contributed by atoms with Crippen molar-refractivity contribution < 1.29 is 23.8 Å². The highest BCUT2D eigenvalue weighted by molar-refractivity contribution is 5.97. The lowest BCUT2D eigenvalue weighted by atomic mass is 9.75. The molecule has 0 aliphatic carbocycles. The molecule has 4 rings (SSSR count). The van der Waals surface area contributed by atoms with E-state index < -0.39 is 11.5 Å². The Kier molecular flexibility index (Phi) is 6.87. The molecule has 0 spiro atoms. The predicted octanol–water partition coefficient (Wildman–Crippen LogP) is 4.87. The number of esters is 1. The zero-order valence-electron chi connectivity index (χ0n) is 19.7. The second-order valence-electron chi connectivity index (χ2n) is 8.32. The average Bonchev–Trinajstić information content (AvgIpc) is 3.28. The van der Waals surface area contributed by atoms with Crippen molar-refractivity contribution >= 4 is 17.4 Å². The number of hydrogen-bond acceptors (Lipinski definition) is 6. The topological polar surface area (TPSA) is 65.1 Å². The van der Waals surface area contributed by atoms with Crippen molar-refractivity contribution in [2.75, 3.05) is 32.8 Å².